The van der Waals surface area contributed by atoms with Crippen LogP contribution in [-0.2, 0) is 0 Å². The standard InChI is InChI=1S/C14H14F3N3O/c1-2-6-19-13-12(18-7-8-20-13)10-4-3-5-11(9-10)21-14(15,16)17/h3-5,7-9H,2,6H2,1H3,(H,19,20). The van der Waals surface area contributed by atoms with Crippen LogP contribution in [0.25, 0.3) is 11.3 Å². The predicted molar refractivity (Wildman–Crippen MR) is 72.9 cm³/mol. The number of halogens is 3. The fourth-order valence-electron chi connectivity index (χ4n) is 1.76. The first-order valence-corrected chi connectivity index (χ1v) is 6.40. The molecule has 7 heteroatoms. The summed E-state index contributed by atoms with van der Waals surface area (Å²) in [6, 6.07) is 5.67. The quantitative estimate of drug-likeness (QED) is 0.910. The first kappa shape index (κ1) is 15.1. The Balaban J connectivity index is 2.32. The van der Waals surface area contributed by atoms with E-state index < -0.39 is 6.36 Å². The molecule has 0 spiro atoms. The monoisotopic (exact) mass is 297 g/mol. The number of nitrogens with zero attached hydrogens (tertiary/aromatic N) is 2. The van der Waals surface area contributed by atoms with Crippen LogP contribution in [0.15, 0.2) is 36.7 Å². The Morgan fingerprint density at radius 2 is 1.95 bits per heavy atom. The van der Waals surface area contributed by atoms with Crippen molar-refractivity contribution in [3.63, 3.8) is 0 Å². The van der Waals surface area contributed by atoms with Gasteiger partial charge in [0.2, 0.25) is 0 Å². The Morgan fingerprint density at radius 3 is 2.67 bits per heavy atom. The van der Waals surface area contributed by atoms with Crippen LogP contribution < -0.4 is 10.1 Å². The summed E-state index contributed by atoms with van der Waals surface area (Å²) < 4.78 is 40.7. The SMILES string of the molecule is CCCNc1nccnc1-c1cccc(OC(F)(F)F)c1. The maximum absolute atomic E-state index is 12.3. The van der Waals surface area contributed by atoms with Crippen LogP contribution in [-0.4, -0.2) is 22.9 Å². The van der Waals surface area contributed by atoms with E-state index in [0.717, 1.165) is 6.42 Å². The molecule has 1 aromatic carbocycles. The van der Waals surface area contributed by atoms with Crippen molar-refractivity contribution in [1.29, 1.82) is 0 Å². The number of anilines is 1. The van der Waals surface area contributed by atoms with Gasteiger partial charge in [-0.1, -0.05) is 19.1 Å². The van der Waals surface area contributed by atoms with Crippen molar-refractivity contribution in [2.45, 2.75) is 19.7 Å². The van der Waals surface area contributed by atoms with Crippen LogP contribution in [0.1, 0.15) is 13.3 Å². The molecule has 0 radical (unpaired) electrons. The van der Waals surface area contributed by atoms with Gasteiger partial charge in [0.15, 0.2) is 5.82 Å². The summed E-state index contributed by atoms with van der Waals surface area (Å²) in [6.07, 6.45) is -0.807. The van der Waals surface area contributed by atoms with Crippen LogP contribution in [0.5, 0.6) is 5.75 Å². The minimum absolute atomic E-state index is 0.285. The summed E-state index contributed by atoms with van der Waals surface area (Å²) in [4.78, 5) is 8.34. The first-order chi connectivity index (χ1) is 9.99. The molecule has 0 aliphatic carbocycles. The third kappa shape index (κ3) is 4.34. The molecule has 0 unspecified atom stereocenters. The second-order valence-corrected chi connectivity index (χ2v) is 4.26. The van der Waals surface area contributed by atoms with Crippen molar-refractivity contribution in [3.05, 3.63) is 36.7 Å². The van der Waals surface area contributed by atoms with Gasteiger partial charge in [-0.15, -0.1) is 13.2 Å². The maximum atomic E-state index is 12.3. The summed E-state index contributed by atoms with van der Waals surface area (Å²) in [5, 5.41) is 3.09. The molecule has 0 aliphatic heterocycles. The molecule has 2 rings (SSSR count). The van der Waals surface area contributed by atoms with Crippen molar-refractivity contribution < 1.29 is 17.9 Å². The van der Waals surface area contributed by atoms with Gasteiger partial charge in [-0.25, -0.2) is 4.98 Å². The summed E-state index contributed by atoms with van der Waals surface area (Å²) in [5.74, 6) is 0.246. The maximum Gasteiger partial charge on any atom is 0.573 e. The highest BCUT2D eigenvalue weighted by atomic mass is 19.4. The number of hydrogen-bond acceptors (Lipinski definition) is 4. The normalized spacial score (nSPS) is 11.2. The zero-order valence-corrected chi connectivity index (χ0v) is 11.3. The second-order valence-electron chi connectivity index (χ2n) is 4.26. The van der Waals surface area contributed by atoms with Crippen LogP contribution in [0.3, 0.4) is 0 Å². The van der Waals surface area contributed by atoms with Crippen LogP contribution in [0.4, 0.5) is 19.0 Å². The number of alkyl halides is 3. The lowest BCUT2D eigenvalue weighted by Crippen LogP contribution is -2.17. The largest absolute Gasteiger partial charge is 0.573 e. The molecule has 0 amide bonds. The summed E-state index contributed by atoms with van der Waals surface area (Å²) >= 11 is 0. The number of nitrogens with one attached hydrogen (secondary N) is 1. The van der Waals surface area contributed by atoms with Gasteiger partial charge in [-0.05, 0) is 18.6 Å². The molecule has 112 valence electrons. The van der Waals surface area contributed by atoms with Gasteiger partial charge >= 0.3 is 6.36 Å². The average molecular weight is 297 g/mol. The molecule has 0 fully saturated rings. The van der Waals surface area contributed by atoms with Crippen LogP contribution in [0.2, 0.25) is 0 Å². The smallest absolute Gasteiger partial charge is 0.406 e. The van der Waals surface area contributed by atoms with Gasteiger partial charge in [0.25, 0.3) is 0 Å². The highest BCUT2D eigenvalue weighted by Gasteiger charge is 2.31. The van der Waals surface area contributed by atoms with E-state index in [-0.39, 0.29) is 5.75 Å². The van der Waals surface area contributed by atoms with E-state index in [0.29, 0.717) is 23.6 Å². The fourth-order valence-corrected chi connectivity index (χ4v) is 1.76. The van der Waals surface area contributed by atoms with E-state index in [1.165, 1.54) is 30.6 Å². The van der Waals surface area contributed by atoms with Crippen molar-refractivity contribution in [2.24, 2.45) is 0 Å². The highest BCUT2D eigenvalue weighted by Crippen LogP contribution is 2.29. The number of rotatable bonds is 5. The lowest BCUT2D eigenvalue weighted by molar-refractivity contribution is -0.274. The molecule has 1 heterocycles. The number of ether oxygens (including phenoxy) is 1. The highest BCUT2D eigenvalue weighted by molar-refractivity contribution is 5.72. The van der Waals surface area contributed by atoms with Gasteiger partial charge < -0.3 is 10.1 Å². The summed E-state index contributed by atoms with van der Waals surface area (Å²) in [6.45, 7) is 2.70. The molecule has 1 N–H and O–H groups in total. The van der Waals surface area contributed by atoms with E-state index in [1.54, 1.807) is 6.07 Å². The Labute approximate surface area is 120 Å². The molecular weight excluding hydrogens is 283 g/mol. The van der Waals surface area contributed by atoms with E-state index in [4.69, 9.17) is 0 Å². The zero-order chi connectivity index (χ0) is 15.3. The zero-order valence-electron chi connectivity index (χ0n) is 11.3. The molecule has 2 aromatic rings. The molecule has 4 nitrogen and oxygen atoms in total. The number of benzene rings is 1. The molecule has 0 saturated heterocycles. The third-order valence-electron chi connectivity index (χ3n) is 2.58. The second kappa shape index (κ2) is 6.43. The van der Waals surface area contributed by atoms with Gasteiger partial charge in [-0.3, -0.25) is 4.98 Å². The topological polar surface area (TPSA) is 47.0 Å². The Bertz CT molecular complexity index is 602. The molecule has 0 bridgehead atoms. The Morgan fingerprint density at radius 1 is 1.19 bits per heavy atom. The van der Waals surface area contributed by atoms with Gasteiger partial charge in [-0.2, -0.15) is 0 Å². The molecule has 1 aromatic heterocycles. The lowest BCUT2D eigenvalue weighted by Gasteiger charge is -2.12. The summed E-state index contributed by atoms with van der Waals surface area (Å²) in [5.41, 5.74) is 0.988. The fraction of sp³-hybridized carbons (Fsp3) is 0.286. The number of aromatic nitrogens is 2. The van der Waals surface area contributed by atoms with Crippen molar-refractivity contribution >= 4 is 5.82 Å². The van der Waals surface area contributed by atoms with E-state index in [1.807, 2.05) is 6.92 Å². The average Bonchev–Trinajstić information content (AvgIpc) is 2.44. The molecule has 0 aliphatic rings. The van der Waals surface area contributed by atoms with Gasteiger partial charge in [0, 0.05) is 24.5 Å². The first-order valence-electron chi connectivity index (χ1n) is 6.40. The van der Waals surface area contributed by atoms with Crippen molar-refractivity contribution in [3.8, 4) is 17.0 Å². The predicted octanol–water partition coefficient (Wildman–Crippen LogP) is 3.86. The number of hydrogen-bond donors (Lipinski definition) is 1. The minimum Gasteiger partial charge on any atom is -0.406 e. The molecule has 21 heavy (non-hydrogen) atoms. The molecular formula is C14H14F3N3O. The summed E-state index contributed by atoms with van der Waals surface area (Å²) in [7, 11) is 0. The van der Waals surface area contributed by atoms with E-state index in [2.05, 4.69) is 20.0 Å². The van der Waals surface area contributed by atoms with Gasteiger partial charge in [0.1, 0.15) is 11.4 Å². The Kier molecular flexibility index (Phi) is 4.62. The molecule has 0 saturated carbocycles. The van der Waals surface area contributed by atoms with Crippen molar-refractivity contribution in [2.75, 3.05) is 11.9 Å². The van der Waals surface area contributed by atoms with E-state index >= 15 is 0 Å². The van der Waals surface area contributed by atoms with Gasteiger partial charge in [0.05, 0.1) is 0 Å². The third-order valence-corrected chi connectivity index (χ3v) is 2.58. The Hall–Kier alpha value is -2.31. The minimum atomic E-state index is -4.72. The van der Waals surface area contributed by atoms with Crippen LogP contribution in [0, 0.1) is 0 Å². The lowest BCUT2D eigenvalue weighted by atomic mass is 10.1. The molecule has 0 atom stereocenters. The van der Waals surface area contributed by atoms with Crippen LogP contribution >= 0.6 is 0 Å². The van der Waals surface area contributed by atoms with Crippen molar-refractivity contribution in [1.82, 2.24) is 9.97 Å². The van der Waals surface area contributed by atoms with E-state index in [9.17, 15) is 13.2 Å².